The second kappa shape index (κ2) is 7.23. The molecular formula is C15H23NO. The molecule has 0 amide bonds. The molecule has 0 atom stereocenters. The highest BCUT2D eigenvalue weighted by Gasteiger charge is 2.00. The van der Waals surface area contributed by atoms with Gasteiger partial charge in [-0.05, 0) is 45.8 Å². The van der Waals surface area contributed by atoms with Gasteiger partial charge in [-0.1, -0.05) is 29.8 Å². The number of carbonyl (C=O) groups is 1. The zero-order chi connectivity index (χ0) is 12.7. The largest absolute Gasteiger partial charge is 0.306 e. The van der Waals surface area contributed by atoms with Crippen LogP contribution in [-0.4, -0.2) is 30.8 Å². The second-order valence-corrected chi connectivity index (χ2v) is 4.84. The van der Waals surface area contributed by atoms with Crippen LogP contribution in [0.2, 0.25) is 0 Å². The average Bonchev–Trinajstić information content (AvgIpc) is 2.28. The summed E-state index contributed by atoms with van der Waals surface area (Å²) < 4.78 is 0. The van der Waals surface area contributed by atoms with Crippen LogP contribution in [0.15, 0.2) is 24.3 Å². The second-order valence-electron chi connectivity index (χ2n) is 4.84. The van der Waals surface area contributed by atoms with Crippen LogP contribution < -0.4 is 0 Å². The van der Waals surface area contributed by atoms with Crippen molar-refractivity contribution in [2.75, 3.05) is 20.1 Å². The first-order valence-electron chi connectivity index (χ1n) is 6.31. The third-order valence-electron chi connectivity index (χ3n) is 2.97. The summed E-state index contributed by atoms with van der Waals surface area (Å²) in [6, 6.07) is 8.70. The predicted molar refractivity (Wildman–Crippen MR) is 72.3 cm³/mol. The molecule has 0 heterocycles. The predicted octanol–water partition coefficient (Wildman–Crippen LogP) is 2.84. The maximum Gasteiger partial charge on any atom is 0.129 e. The fourth-order valence-electron chi connectivity index (χ4n) is 1.78. The highest BCUT2D eigenvalue weighted by Crippen LogP contribution is 2.04. The van der Waals surface area contributed by atoms with Crippen molar-refractivity contribution in [1.29, 1.82) is 0 Å². The van der Waals surface area contributed by atoms with Crippen molar-refractivity contribution in [2.45, 2.75) is 33.1 Å². The van der Waals surface area contributed by atoms with Gasteiger partial charge in [0.05, 0.1) is 0 Å². The molecule has 17 heavy (non-hydrogen) atoms. The van der Waals surface area contributed by atoms with Crippen LogP contribution in [-0.2, 0) is 11.2 Å². The van der Waals surface area contributed by atoms with E-state index < -0.39 is 0 Å². The molecule has 0 radical (unpaired) electrons. The summed E-state index contributed by atoms with van der Waals surface area (Å²) in [4.78, 5) is 13.1. The Hall–Kier alpha value is -1.15. The van der Waals surface area contributed by atoms with E-state index in [2.05, 4.69) is 43.1 Å². The number of hydrogen-bond acceptors (Lipinski definition) is 2. The molecule has 2 nitrogen and oxygen atoms in total. The Morgan fingerprint density at radius 2 is 1.82 bits per heavy atom. The third-order valence-corrected chi connectivity index (χ3v) is 2.97. The first-order valence-corrected chi connectivity index (χ1v) is 6.31. The molecule has 94 valence electrons. The lowest BCUT2D eigenvalue weighted by molar-refractivity contribution is -0.117. The Morgan fingerprint density at radius 3 is 2.41 bits per heavy atom. The molecule has 0 saturated carbocycles. The normalized spacial score (nSPS) is 10.8. The molecule has 0 bridgehead atoms. The van der Waals surface area contributed by atoms with Crippen LogP contribution >= 0.6 is 0 Å². The van der Waals surface area contributed by atoms with Crippen molar-refractivity contribution >= 4 is 5.78 Å². The fourth-order valence-corrected chi connectivity index (χ4v) is 1.78. The van der Waals surface area contributed by atoms with Crippen molar-refractivity contribution in [1.82, 2.24) is 4.90 Å². The molecule has 0 aliphatic heterocycles. The van der Waals surface area contributed by atoms with Gasteiger partial charge in [-0.3, -0.25) is 0 Å². The molecule has 2 heteroatoms. The molecule has 0 aliphatic carbocycles. The number of hydrogen-bond donors (Lipinski definition) is 0. The van der Waals surface area contributed by atoms with Crippen molar-refractivity contribution in [3.8, 4) is 0 Å². The van der Waals surface area contributed by atoms with Crippen LogP contribution in [0.5, 0.6) is 0 Å². The highest BCUT2D eigenvalue weighted by atomic mass is 16.1. The topological polar surface area (TPSA) is 20.3 Å². The summed E-state index contributed by atoms with van der Waals surface area (Å²) >= 11 is 0. The molecule has 0 spiro atoms. The Kier molecular flexibility index (Phi) is 5.92. The Labute approximate surface area is 105 Å². The van der Waals surface area contributed by atoms with E-state index in [1.807, 2.05) is 0 Å². The summed E-state index contributed by atoms with van der Waals surface area (Å²) in [6.45, 7) is 5.83. The number of likely N-dealkylation sites (N-methyl/N-ethyl adjacent to an activating group) is 1. The zero-order valence-corrected chi connectivity index (χ0v) is 11.2. The van der Waals surface area contributed by atoms with Gasteiger partial charge >= 0.3 is 0 Å². The van der Waals surface area contributed by atoms with Crippen molar-refractivity contribution in [3.05, 3.63) is 35.4 Å². The van der Waals surface area contributed by atoms with E-state index in [0.29, 0.717) is 6.42 Å². The van der Waals surface area contributed by atoms with Gasteiger partial charge in [0.2, 0.25) is 0 Å². The molecule has 1 aromatic rings. The van der Waals surface area contributed by atoms with E-state index in [0.717, 1.165) is 25.9 Å². The van der Waals surface area contributed by atoms with Gasteiger partial charge in [-0.15, -0.1) is 0 Å². The standard InChI is InChI=1S/C15H23NO/c1-13-6-8-15(9-7-13)10-12-16(3)11-4-5-14(2)17/h6-9H,4-5,10-12H2,1-3H3. The number of carbonyl (C=O) groups excluding carboxylic acids is 1. The lowest BCUT2D eigenvalue weighted by Gasteiger charge is -2.16. The monoisotopic (exact) mass is 233 g/mol. The summed E-state index contributed by atoms with van der Waals surface area (Å²) in [5.74, 6) is 0.289. The minimum absolute atomic E-state index is 0.289. The molecule has 0 aromatic heterocycles. The van der Waals surface area contributed by atoms with Gasteiger partial charge in [0.25, 0.3) is 0 Å². The van der Waals surface area contributed by atoms with E-state index in [1.165, 1.54) is 11.1 Å². The van der Waals surface area contributed by atoms with E-state index in [1.54, 1.807) is 6.92 Å². The zero-order valence-electron chi connectivity index (χ0n) is 11.2. The fraction of sp³-hybridized carbons (Fsp3) is 0.533. The van der Waals surface area contributed by atoms with E-state index in [-0.39, 0.29) is 5.78 Å². The number of Topliss-reactive ketones (excluding diaryl/α,β-unsaturated/α-hetero) is 1. The summed E-state index contributed by atoms with van der Waals surface area (Å²) in [5, 5.41) is 0. The molecule has 0 N–H and O–H groups in total. The molecule has 0 saturated heterocycles. The van der Waals surface area contributed by atoms with Gasteiger partial charge in [0.1, 0.15) is 5.78 Å². The number of benzene rings is 1. The van der Waals surface area contributed by atoms with Gasteiger partial charge in [-0.25, -0.2) is 0 Å². The number of nitrogens with zero attached hydrogens (tertiary/aromatic N) is 1. The van der Waals surface area contributed by atoms with Crippen molar-refractivity contribution in [3.63, 3.8) is 0 Å². The van der Waals surface area contributed by atoms with E-state index >= 15 is 0 Å². The van der Waals surface area contributed by atoms with Crippen molar-refractivity contribution < 1.29 is 4.79 Å². The van der Waals surface area contributed by atoms with Gasteiger partial charge in [0.15, 0.2) is 0 Å². The Morgan fingerprint density at radius 1 is 1.18 bits per heavy atom. The van der Waals surface area contributed by atoms with Gasteiger partial charge in [0, 0.05) is 13.0 Å². The van der Waals surface area contributed by atoms with Crippen molar-refractivity contribution in [2.24, 2.45) is 0 Å². The quantitative estimate of drug-likeness (QED) is 0.722. The first kappa shape index (κ1) is 13.9. The first-order chi connectivity index (χ1) is 8.08. The van der Waals surface area contributed by atoms with Gasteiger partial charge < -0.3 is 9.69 Å². The summed E-state index contributed by atoms with van der Waals surface area (Å²) in [7, 11) is 2.12. The smallest absolute Gasteiger partial charge is 0.129 e. The van der Waals surface area contributed by atoms with E-state index in [9.17, 15) is 4.79 Å². The molecule has 0 unspecified atom stereocenters. The maximum atomic E-state index is 10.8. The number of aryl methyl sites for hydroxylation is 1. The SMILES string of the molecule is CC(=O)CCCN(C)CCc1ccc(C)cc1. The number of ketones is 1. The Balaban J connectivity index is 2.21. The molecule has 0 fully saturated rings. The lowest BCUT2D eigenvalue weighted by atomic mass is 10.1. The molecular weight excluding hydrogens is 210 g/mol. The van der Waals surface area contributed by atoms with Crippen LogP contribution in [0.25, 0.3) is 0 Å². The van der Waals surface area contributed by atoms with Gasteiger partial charge in [-0.2, -0.15) is 0 Å². The maximum absolute atomic E-state index is 10.8. The number of rotatable bonds is 7. The minimum atomic E-state index is 0.289. The molecule has 1 rings (SSSR count). The van der Waals surface area contributed by atoms with Crippen LogP contribution in [0.4, 0.5) is 0 Å². The summed E-state index contributed by atoms with van der Waals surface area (Å²) in [6.07, 6.45) is 2.76. The highest BCUT2D eigenvalue weighted by molar-refractivity contribution is 5.75. The Bertz CT molecular complexity index is 342. The minimum Gasteiger partial charge on any atom is -0.306 e. The van der Waals surface area contributed by atoms with Crippen LogP contribution in [0, 0.1) is 6.92 Å². The molecule has 1 aromatic carbocycles. The lowest BCUT2D eigenvalue weighted by Crippen LogP contribution is -2.22. The van der Waals surface area contributed by atoms with Crippen LogP contribution in [0.1, 0.15) is 30.9 Å². The average molecular weight is 233 g/mol. The van der Waals surface area contributed by atoms with Crippen LogP contribution in [0.3, 0.4) is 0 Å². The third kappa shape index (κ3) is 6.22. The van der Waals surface area contributed by atoms with E-state index in [4.69, 9.17) is 0 Å². The summed E-state index contributed by atoms with van der Waals surface area (Å²) in [5.41, 5.74) is 2.69. The molecule has 0 aliphatic rings.